The summed E-state index contributed by atoms with van der Waals surface area (Å²) in [5.41, 5.74) is 1.06. The summed E-state index contributed by atoms with van der Waals surface area (Å²) in [6.07, 6.45) is 0. The van der Waals surface area contributed by atoms with Crippen LogP contribution in [0.1, 0.15) is 17.5 Å². The lowest BCUT2D eigenvalue weighted by Gasteiger charge is -2.00. The fourth-order valence-corrected chi connectivity index (χ4v) is 3.35. The van der Waals surface area contributed by atoms with Gasteiger partial charge in [-0.25, -0.2) is 4.98 Å². The van der Waals surface area contributed by atoms with Crippen LogP contribution in [0.3, 0.4) is 0 Å². The van der Waals surface area contributed by atoms with Crippen LogP contribution in [0.25, 0.3) is 9.88 Å². The van der Waals surface area contributed by atoms with Crippen LogP contribution in [0.2, 0.25) is 0 Å². The van der Waals surface area contributed by atoms with Gasteiger partial charge in [0, 0.05) is 18.5 Å². The zero-order valence-electron chi connectivity index (χ0n) is 10.0. The first-order valence-electron chi connectivity index (χ1n) is 5.57. The lowest BCUT2D eigenvalue weighted by Crippen LogP contribution is -2.12. The Kier molecular flexibility index (Phi) is 4.67. The van der Waals surface area contributed by atoms with Crippen LogP contribution in [0.4, 0.5) is 0 Å². The number of hydrogen-bond acceptors (Lipinski definition) is 5. The van der Waals surface area contributed by atoms with Crippen molar-refractivity contribution in [3.8, 4) is 9.88 Å². The Hall–Kier alpha value is -0.750. The Balaban J connectivity index is 2.24. The largest absolute Gasteiger partial charge is 0.378 e. The molecule has 0 fully saturated rings. The highest BCUT2D eigenvalue weighted by Crippen LogP contribution is 2.31. The summed E-state index contributed by atoms with van der Waals surface area (Å²) >= 11 is 3.48. The lowest BCUT2D eigenvalue weighted by atomic mass is 10.3. The second-order valence-electron chi connectivity index (χ2n) is 3.58. The Morgan fingerprint density at radius 2 is 2.35 bits per heavy atom. The first-order chi connectivity index (χ1) is 8.35. The van der Waals surface area contributed by atoms with Crippen molar-refractivity contribution in [2.75, 3.05) is 13.7 Å². The monoisotopic (exact) mass is 268 g/mol. The van der Waals surface area contributed by atoms with Gasteiger partial charge in [-0.05, 0) is 18.0 Å². The van der Waals surface area contributed by atoms with Gasteiger partial charge >= 0.3 is 0 Å². The van der Waals surface area contributed by atoms with E-state index in [4.69, 9.17) is 4.74 Å². The number of methoxy groups -OCH3 is 1. The fourth-order valence-electron chi connectivity index (χ4n) is 1.52. The molecule has 5 heteroatoms. The highest BCUT2D eigenvalue weighted by atomic mass is 32.1. The van der Waals surface area contributed by atoms with Gasteiger partial charge in [0.2, 0.25) is 0 Å². The lowest BCUT2D eigenvalue weighted by molar-refractivity contribution is 0.181. The third kappa shape index (κ3) is 3.13. The average Bonchev–Trinajstić information content (AvgIpc) is 2.95. The zero-order valence-corrected chi connectivity index (χ0v) is 11.7. The van der Waals surface area contributed by atoms with Crippen LogP contribution in [-0.4, -0.2) is 18.6 Å². The van der Waals surface area contributed by atoms with Gasteiger partial charge in [0.1, 0.15) is 5.01 Å². The minimum absolute atomic E-state index is 0.586. The second kappa shape index (κ2) is 6.26. The van der Waals surface area contributed by atoms with E-state index in [2.05, 4.69) is 34.7 Å². The number of hydrogen-bond donors (Lipinski definition) is 1. The van der Waals surface area contributed by atoms with Crippen molar-refractivity contribution in [3.05, 3.63) is 28.1 Å². The standard InChI is InChI=1S/C12H16N2OS2/c1-3-13-7-11-9(8-15-2)14-12(17-11)10-5-4-6-16-10/h4-6,13H,3,7-8H2,1-2H3. The molecule has 0 saturated heterocycles. The number of aromatic nitrogens is 1. The molecule has 0 radical (unpaired) electrons. The maximum Gasteiger partial charge on any atom is 0.134 e. The summed E-state index contributed by atoms with van der Waals surface area (Å²) in [5.74, 6) is 0. The summed E-state index contributed by atoms with van der Waals surface area (Å²) in [4.78, 5) is 7.17. The van der Waals surface area contributed by atoms with Gasteiger partial charge in [-0.2, -0.15) is 0 Å². The topological polar surface area (TPSA) is 34.2 Å². The molecule has 0 bridgehead atoms. The molecule has 3 nitrogen and oxygen atoms in total. The van der Waals surface area contributed by atoms with Crippen LogP contribution < -0.4 is 5.32 Å². The molecule has 0 aliphatic heterocycles. The maximum absolute atomic E-state index is 5.20. The van der Waals surface area contributed by atoms with E-state index in [9.17, 15) is 0 Å². The average molecular weight is 268 g/mol. The summed E-state index contributed by atoms with van der Waals surface area (Å²) < 4.78 is 5.20. The molecule has 92 valence electrons. The van der Waals surface area contributed by atoms with E-state index in [0.717, 1.165) is 23.8 Å². The number of nitrogens with zero attached hydrogens (tertiary/aromatic N) is 1. The molecule has 2 aromatic heterocycles. The van der Waals surface area contributed by atoms with Crippen molar-refractivity contribution in [1.29, 1.82) is 0 Å². The summed E-state index contributed by atoms with van der Waals surface area (Å²) in [7, 11) is 1.71. The predicted octanol–water partition coefficient (Wildman–Crippen LogP) is 3.13. The molecule has 0 aromatic carbocycles. The smallest absolute Gasteiger partial charge is 0.134 e. The number of ether oxygens (including phenoxy) is 1. The van der Waals surface area contributed by atoms with Crippen molar-refractivity contribution in [3.63, 3.8) is 0 Å². The maximum atomic E-state index is 5.20. The number of thiazole rings is 1. The number of nitrogens with one attached hydrogen (secondary N) is 1. The van der Waals surface area contributed by atoms with Gasteiger partial charge in [0.05, 0.1) is 17.2 Å². The van der Waals surface area contributed by atoms with Crippen LogP contribution >= 0.6 is 22.7 Å². The van der Waals surface area contributed by atoms with Crippen LogP contribution in [0.15, 0.2) is 17.5 Å². The molecule has 0 atom stereocenters. The Morgan fingerprint density at radius 1 is 1.47 bits per heavy atom. The van der Waals surface area contributed by atoms with E-state index < -0.39 is 0 Å². The van der Waals surface area contributed by atoms with Crippen molar-refractivity contribution in [1.82, 2.24) is 10.3 Å². The Morgan fingerprint density at radius 3 is 3.00 bits per heavy atom. The molecule has 0 saturated carbocycles. The third-order valence-electron chi connectivity index (χ3n) is 2.33. The molecule has 17 heavy (non-hydrogen) atoms. The van der Waals surface area contributed by atoms with E-state index in [0.29, 0.717) is 6.61 Å². The van der Waals surface area contributed by atoms with E-state index in [1.54, 1.807) is 29.8 Å². The van der Waals surface area contributed by atoms with Gasteiger partial charge in [-0.1, -0.05) is 13.0 Å². The Bertz CT molecular complexity index is 451. The van der Waals surface area contributed by atoms with Crippen molar-refractivity contribution in [2.45, 2.75) is 20.1 Å². The fraction of sp³-hybridized carbons (Fsp3) is 0.417. The molecule has 0 spiro atoms. The normalized spacial score (nSPS) is 10.9. The van der Waals surface area contributed by atoms with E-state index >= 15 is 0 Å². The highest BCUT2D eigenvalue weighted by Gasteiger charge is 2.12. The highest BCUT2D eigenvalue weighted by molar-refractivity contribution is 7.21. The third-order valence-corrected chi connectivity index (χ3v) is 4.46. The van der Waals surface area contributed by atoms with Crippen molar-refractivity contribution in [2.24, 2.45) is 0 Å². The SMILES string of the molecule is CCNCc1sc(-c2cccs2)nc1COC. The van der Waals surface area contributed by atoms with Gasteiger partial charge in [0.25, 0.3) is 0 Å². The van der Waals surface area contributed by atoms with Gasteiger partial charge in [-0.3, -0.25) is 0 Å². The molecule has 0 aliphatic rings. The summed E-state index contributed by atoms with van der Waals surface area (Å²) in [6, 6.07) is 4.17. The first kappa shape index (κ1) is 12.7. The van der Waals surface area contributed by atoms with Crippen LogP contribution in [-0.2, 0) is 17.9 Å². The molecule has 2 heterocycles. The van der Waals surface area contributed by atoms with Gasteiger partial charge in [0.15, 0.2) is 0 Å². The molecule has 0 unspecified atom stereocenters. The molecule has 2 aromatic rings. The van der Waals surface area contributed by atoms with Gasteiger partial charge in [-0.15, -0.1) is 22.7 Å². The predicted molar refractivity (Wildman–Crippen MR) is 73.5 cm³/mol. The molecule has 0 aliphatic carbocycles. The molecular formula is C12H16N2OS2. The second-order valence-corrected chi connectivity index (χ2v) is 5.61. The zero-order chi connectivity index (χ0) is 12.1. The van der Waals surface area contributed by atoms with Crippen LogP contribution in [0, 0.1) is 0 Å². The summed E-state index contributed by atoms with van der Waals surface area (Å²) in [5, 5.41) is 6.52. The molecule has 2 rings (SSSR count). The molecule has 0 amide bonds. The van der Waals surface area contributed by atoms with E-state index in [-0.39, 0.29) is 0 Å². The van der Waals surface area contributed by atoms with Crippen molar-refractivity contribution < 1.29 is 4.74 Å². The van der Waals surface area contributed by atoms with Crippen molar-refractivity contribution >= 4 is 22.7 Å². The minimum atomic E-state index is 0.586. The van der Waals surface area contributed by atoms with E-state index in [1.165, 1.54) is 9.75 Å². The molecular weight excluding hydrogens is 252 g/mol. The van der Waals surface area contributed by atoms with Crippen LogP contribution in [0.5, 0.6) is 0 Å². The Labute approximate surface area is 109 Å². The minimum Gasteiger partial charge on any atom is -0.378 e. The number of rotatable bonds is 6. The molecule has 1 N–H and O–H groups in total. The summed E-state index contributed by atoms with van der Waals surface area (Å²) in [6.45, 7) is 4.54. The van der Waals surface area contributed by atoms with Gasteiger partial charge < -0.3 is 10.1 Å². The first-order valence-corrected chi connectivity index (χ1v) is 7.27. The quantitative estimate of drug-likeness (QED) is 0.874. The number of thiophene rings is 1. The van der Waals surface area contributed by atoms with E-state index in [1.807, 2.05) is 0 Å².